The molecule has 0 bridgehead atoms. The number of hydrogen-bond donors (Lipinski definition) is 3. The third kappa shape index (κ3) is 4.22. The number of fused-ring (bicyclic) bond motifs is 1. The van der Waals surface area contributed by atoms with Crippen LogP contribution in [0.15, 0.2) is 54.9 Å². The summed E-state index contributed by atoms with van der Waals surface area (Å²) in [5.74, 6) is -1.68. The van der Waals surface area contributed by atoms with Crippen molar-refractivity contribution in [2.75, 3.05) is 11.9 Å². The normalized spacial score (nSPS) is 15.7. The van der Waals surface area contributed by atoms with Crippen LogP contribution in [0.25, 0.3) is 0 Å². The second-order valence-corrected chi connectivity index (χ2v) is 6.98. The standard InChI is InChI=1S/C21H17F3N4O4/c22-21(23,24)32-16-8-4-2-6-13(16)18-17-15(25-11-26-17)9-10-28(18)20(31)27-14-7-3-1-5-12(14)19(29)30/h1-8,11,18H,9-10H2,(H,25,26)(H,27,31)(H,29,30)/t18-/m1/s1. The van der Waals surface area contributed by atoms with E-state index in [9.17, 15) is 27.9 Å². The van der Waals surface area contributed by atoms with Crippen molar-refractivity contribution in [3.63, 3.8) is 0 Å². The first-order valence-electron chi connectivity index (χ1n) is 9.51. The van der Waals surface area contributed by atoms with E-state index in [-0.39, 0.29) is 23.4 Å². The number of imidazole rings is 1. The lowest BCUT2D eigenvalue weighted by Crippen LogP contribution is -2.43. The van der Waals surface area contributed by atoms with E-state index in [2.05, 4.69) is 20.0 Å². The fraction of sp³-hybridized carbons (Fsp3) is 0.190. The van der Waals surface area contributed by atoms with Gasteiger partial charge in [0.1, 0.15) is 11.8 Å². The molecule has 3 aromatic rings. The van der Waals surface area contributed by atoms with E-state index in [0.717, 1.165) is 0 Å². The van der Waals surface area contributed by atoms with E-state index < -0.39 is 30.2 Å². The van der Waals surface area contributed by atoms with Crippen LogP contribution in [0.3, 0.4) is 0 Å². The van der Waals surface area contributed by atoms with Crippen molar-refractivity contribution in [2.45, 2.75) is 18.8 Å². The van der Waals surface area contributed by atoms with Crippen LogP contribution in [0.4, 0.5) is 23.7 Å². The van der Waals surface area contributed by atoms with Crippen molar-refractivity contribution in [3.8, 4) is 5.75 Å². The monoisotopic (exact) mass is 446 g/mol. The molecule has 8 nitrogen and oxygen atoms in total. The van der Waals surface area contributed by atoms with Gasteiger partial charge in [-0.15, -0.1) is 13.2 Å². The number of rotatable bonds is 4. The number of carboxylic acids is 1. The van der Waals surface area contributed by atoms with E-state index >= 15 is 0 Å². The molecule has 0 spiro atoms. The molecule has 32 heavy (non-hydrogen) atoms. The number of nitrogens with one attached hydrogen (secondary N) is 2. The topological polar surface area (TPSA) is 108 Å². The molecule has 166 valence electrons. The number of carboxylic acid groups (broad SMARTS) is 1. The SMILES string of the molecule is O=C(O)c1ccccc1NC(=O)N1CCc2[nH]cnc2[C@H]1c1ccccc1OC(F)(F)F. The van der Waals surface area contributed by atoms with Gasteiger partial charge in [-0.25, -0.2) is 14.6 Å². The molecule has 3 N–H and O–H groups in total. The third-order valence-electron chi connectivity index (χ3n) is 5.02. The fourth-order valence-corrected chi connectivity index (χ4v) is 3.70. The van der Waals surface area contributed by atoms with Crippen molar-refractivity contribution in [1.82, 2.24) is 14.9 Å². The summed E-state index contributed by atoms with van der Waals surface area (Å²) in [5.41, 5.74) is 1.12. The highest BCUT2D eigenvalue weighted by molar-refractivity contribution is 6.00. The molecule has 0 saturated carbocycles. The Kier molecular flexibility index (Phi) is 5.47. The van der Waals surface area contributed by atoms with Crippen LogP contribution >= 0.6 is 0 Å². The highest BCUT2D eigenvalue weighted by Crippen LogP contribution is 2.39. The van der Waals surface area contributed by atoms with Crippen molar-refractivity contribution < 1.29 is 32.6 Å². The zero-order valence-electron chi connectivity index (χ0n) is 16.4. The molecule has 1 aromatic heterocycles. The van der Waals surface area contributed by atoms with Crippen LogP contribution in [0.1, 0.15) is 33.4 Å². The van der Waals surface area contributed by atoms with Crippen molar-refractivity contribution >= 4 is 17.7 Å². The first-order chi connectivity index (χ1) is 15.2. The molecule has 0 saturated heterocycles. The van der Waals surface area contributed by atoms with Crippen LogP contribution in [-0.2, 0) is 6.42 Å². The molecule has 2 heterocycles. The molecule has 0 unspecified atom stereocenters. The number of benzene rings is 2. The van der Waals surface area contributed by atoms with Gasteiger partial charge in [-0.3, -0.25) is 0 Å². The molecule has 4 rings (SSSR count). The van der Waals surface area contributed by atoms with E-state index in [1.807, 2.05) is 0 Å². The number of urea groups is 1. The average Bonchev–Trinajstić information content (AvgIpc) is 3.21. The van der Waals surface area contributed by atoms with Gasteiger partial charge in [-0.05, 0) is 18.2 Å². The Morgan fingerprint density at radius 3 is 2.62 bits per heavy atom. The second kappa shape index (κ2) is 8.25. The fourth-order valence-electron chi connectivity index (χ4n) is 3.70. The third-order valence-corrected chi connectivity index (χ3v) is 5.02. The van der Waals surface area contributed by atoms with Gasteiger partial charge in [0.2, 0.25) is 0 Å². The second-order valence-electron chi connectivity index (χ2n) is 6.98. The number of aromatic nitrogens is 2. The number of aromatic amines is 1. The molecular formula is C21H17F3N4O4. The summed E-state index contributed by atoms with van der Waals surface area (Å²) in [6.45, 7) is 0.154. The van der Waals surface area contributed by atoms with Gasteiger partial charge in [-0.2, -0.15) is 0 Å². The van der Waals surface area contributed by atoms with Gasteiger partial charge >= 0.3 is 18.4 Å². The maximum absolute atomic E-state index is 13.2. The number of amides is 2. The summed E-state index contributed by atoms with van der Waals surface area (Å²) in [6.07, 6.45) is -3.12. The van der Waals surface area contributed by atoms with E-state index in [1.165, 1.54) is 53.7 Å². The minimum atomic E-state index is -4.92. The van der Waals surface area contributed by atoms with Crippen molar-refractivity contribution in [3.05, 3.63) is 77.4 Å². The van der Waals surface area contributed by atoms with Gasteiger partial charge < -0.3 is 25.0 Å². The maximum atomic E-state index is 13.2. The van der Waals surface area contributed by atoms with Crippen LogP contribution in [0.5, 0.6) is 5.75 Å². The Labute approximate surface area is 179 Å². The molecule has 0 radical (unpaired) electrons. The minimum Gasteiger partial charge on any atom is -0.478 e. The van der Waals surface area contributed by atoms with E-state index in [0.29, 0.717) is 17.8 Å². The molecule has 0 aliphatic carbocycles. The summed E-state index contributed by atoms with van der Waals surface area (Å²) in [4.78, 5) is 33.1. The predicted molar refractivity (Wildman–Crippen MR) is 106 cm³/mol. The van der Waals surface area contributed by atoms with Crippen LogP contribution in [0, 0.1) is 0 Å². The quantitative estimate of drug-likeness (QED) is 0.557. The van der Waals surface area contributed by atoms with Crippen LogP contribution in [-0.4, -0.2) is 44.9 Å². The Balaban J connectivity index is 1.74. The first-order valence-corrected chi connectivity index (χ1v) is 9.51. The summed E-state index contributed by atoms with van der Waals surface area (Å²) < 4.78 is 43.2. The van der Waals surface area contributed by atoms with Crippen molar-refractivity contribution in [1.29, 1.82) is 0 Å². The van der Waals surface area contributed by atoms with E-state index in [1.54, 1.807) is 6.07 Å². The highest BCUT2D eigenvalue weighted by atomic mass is 19.4. The number of hydrogen-bond acceptors (Lipinski definition) is 4. The number of halogens is 3. The zero-order valence-corrected chi connectivity index (χ0v) is 16.4. The number of alkyl halides is 3. The maximum Gasteiger partial charge on any atom is 0.573 e. The molecule has 0 fully saturated rings. The Morgan fingerprint density at radius 2 is 1.88 bits per heavy atom. The first kappa shape index (κ1) is 21.2. The number of carbonyl (C=O) groups is 2. The van der Waals surface area contributed by atoms with E-state index in [4.69, 9.17) is 0 Å². The molecule has 1 aliphatic rings. The van der Waals surface area contributed by atoms with Crippen molar-refractivity contribution in [2.24, 2.45) is 0 Å². The average molecular weight is 446 g/mol. The van der Waals surface area contributed by atoms with Crippen LogP contribution < -0.4 is 10.1 Å². The zero-order chi connectivity index (χ0) is 22.9. The lowest BCUT2D eigenvalue weighted by atomic mass is 9.95. The van der Waals surface area contributed by atoms with Gasteiger partial charge in [0.05, 0.1) is 23.3 Å². The number of anilines is 1. The molecule has 1 atom stereocenters. The highest BCUT2D eigenvalue weighted by Gasteiger charge is 2.38. The summed E-state index contributed by atoms with van der Waals surface area (Å²) in [5, 5.41) is 11.9. The Bertz CT molecular complexity index is 1160. The van der Waals surface area contributed by atoms with Gasteiger partial charge in [0.25, 0.3) is 0 Å². The van der Waals surface area contributed by atoms with Crippen LogP contribution in [0.2, 0.25) is 0 Å². The Morgan fingerprint density at radius 1 is 1.16 bits per heavy atom. The Hall–Kier alpha value is -4.02. The molecule has 1 aliphatic heterocycles. The summed E-state index contributed by atoms with van der Waals surface area (Å²) in [6, 6.07) is 9.71. The molecule has 2 amide bonds. The minimum absolute atomic E-state index is 0.0661. The molecular weight excluding hydrogens is 429 g/mol. The number of nitrogens with zero attached hydrogens (tertiary/aromatic N) is 2. The summed E-state index contributed by atoms with van der Waals surface area (Å²) in [7, 11) is 0. The number of H-pyrrole nitrogens is 1. The van der Waals surface area contributed by atoms with Gasteiger partial charge in [-0.1, -0.05) is 30.3 Å². The van der Waals surface area contributed by atoms with Gasteiger partial charge in [0, 0.05) is 24.2 Å². The number of ether oxygens (including phenoxy) is 1. The predicted octanol–water partition coefficient (Wildman–Crippen LogP) is 4.19. The number of carbonyl (C=O) groups excluding carboxylic acids is 1. The lowest BCUT2D eigenvalue weighted by Gasteiger charge is -2.36. The largest absolute Gasteiger partial charge is 0.573 e. The molecule has 2 aromatic carbocycles. The van der Waals surface area contributed by atoms with Gasteiger partial charge in [0.15, 0.2) is 0 Å². The number of aromatic carboxylic acids is 1. The lowest BCUT2D eigenvalue weighted by molar-refractivity contribution is -0.275. The smallest absolute Gasteiger partial charge is 0.478 e. The summed E-state index contributed by atoms with van der Waals surface area (Å²) >= 11 is 0. The molecule has 11 heteroatoms. The number of para-hydroxylation sites is 2.